The van der Waals surface area contributed by atoms with Crippen LogP contribution in [-0.2, 0) is 6.54 Å². The molecular formula is C17H25NO. The molecule has 0 atom stereocenters. The van der Waals surface area contributed by atoms with Crippen LogP contribution in [-0.4, -0.2) is 11.0 Å². The predicted molar refractivity (Wildman–Crippen MR) is 82.4 cm³/mol. The smallest absolute Gasteiger partial charge is 0.178 e. The number of hydroxylamine groups is 1. The standard InChI is InChI=1S/C17H25NO/c1-2-3-4-5-6-7-8-12-15-18(19)16-17-13-10-9-11-14-17/h2,9-11,13-15H,1,3-8,12,16H2/b18-15+. The molecule has 2 nitrogen and oxygen atoms in total. The first-order valence-corrected chi connectivity index (χ1v) is 7.25. The van der Waals surface area contributed by atoms with E-state index in [1.54, 1.807) is 6.21 Å². The van der Waals surface area contributed by atoms with Crippen LogP contribution in [0.1, 0.15) is 50.5 Å². The second-order valence-corrected chi connectivity index (χ2v) is 4.88. The minimum atomic E-state index is 0.459. The van der Waals surface area contributed by atoms with E-state index in [-0.39, 0.29) is 0 Å². The summed E-state index contributed by atoms with van der Waals surface area (Å²) >= 11 is 0. The average Bonchev–Trinajstić information content (AvgIpc) is 2.43. The Kier molecular flexibility index (Phi) is 8.45. The number of hydrogen-bond donors (Lipinski definition) is 0. The summed E-state index contributed by atoms with van der Waals surface area (Å²) in [6.07, 6.45) is 11.9. The highest BCUT2D eigenvalue weighted by Crippen LogP contribution is 2.07. The monoisotopic (exact) mass is 259 g/mol. The van der Waals surface area contributed by atoms with Gasteiger partial charge >= 0.3 is 0 Å². The normalized spacial score (nSPS) is 11.5. The molecule has 0 N–H and O–H groups in total. The Bertz CT molecular complexity index is 370. The van der Waals surface area contributed by atoms with Crippen molar-refractivity contribution in [3.05, 3.63) is 53.8 Å². The van der Waals surface area contributed by atoms with Gasteiger partial charge in [-0.3, -0.25) is 0 Å². The van der Waals surface area contributed by atoms with E-state index in [0.717, 1.165) is 29.6 Å². The van der Waals surface area contributed by atoms with Crippen molar-refractivity contribution in [1.29, 1.82) is 0 Å². The summed E-state index contributed by atoms with van der Waals surface area (Å²) in [6.45, 7) is 4.17. The maximum atomic E-state index is 11.6. The molecule has 0 unspecified atom stereocenters. The van der Waals surface area contributed by atoms with Crippen LogP contribution in [0.5, 0.6) is 0 Å². The van der Waals surface area contributed by atoms with Crippen molar-refractivity contribution in [2.45, 2.75) is 51.5 Å². The summed E-state index contributed by atoms with van der Waals surface area (Å²) in [5.74, 6) is 0. The second-order valence-electron chi connectivity index (χ2n) is 4.88. The molecule has 0 amide bonds. The van der Waals surface area contributed by atoms with Gasteiger partial charge in [-0.25, -0.2) is 4.74 Å². The minimum Gasteiger partial charge on any atom is -0.624 e. The maximum absolute atomic E-state index is 11.6. The molecule has 0 spiro atoms. The number of rotatable bonds is 10. The molecule has 104 valence electrons. The van der Waals surface area contributed by atoms with Crippen molar-refractivity contribution < 1.29 is 4.74 Å². The summed E-state index contributed by atoms with van der Waals surface area (Å²) in [4.78, 5) is 0. The van der Waals surface area contributed by atoms with Crippen molar-refractivity contribution in [1.82, 2.24) is 0 Å². The molecule has 1 aromatic rings. The SMILES string of the molecule is C=CCCCCCCC/C=[N+](/[O-])Cc1ccccc1. The topological polar surface area (TPSA) is 26.1 Å². The summed E-state index contributed by atoms with van der Waals surface area (Å²) < 4.78 is 1.05. The molecule has 1 rings (SSSR count). The molecule has 1 aromatic carbocycles. The lowest BCUT2D eigenvalue weighted by Crippen LogP contribution is -2.04. The van der Waals surface area contributed by atoms with Gasteiger partial charge in [0, 0.05) is 12.0 Å². The van der Waals surface area contributed by atoms with Gasteiger partial charge in [0.25, 0.3) is 0 Å². The van der Waals surface area contributed by atoms with Crippen molar-refractivity contribution in [2.75, 3.05) is 0 Å². The zero-order valence-electron chi connectivity index (χ0n) is 11.8. The molecule has 0 aliphatic rings. The van der Waals surface area contributed by atoms with E-state index in [9.17, 15) is 5.21 Å². The van der Waals surface area contributed by atoms with Crippen LogP contribution >= 0.6 is 0 Å². The molecule has 0 saturated carbocycles. The van der Waals surface area contributed by atoms with Crippen LogP contribution in [0.3, 0.4) is 0 Å². The number of benzene rings is 1. The van der Waals surface area contributed by atoms with Gasteiger partial charge in [0.2, 0.25) is 0 Å². The first-order chi connectivity index (χ1) is 9.33. The number of nitrogens with zero attached hydrogens (tertiary/aromatic N) is 1. The zero-order chi connectivity index (χ0) is 13.8. The summed E-state index contributed by atoms with van der Waals surface area (Å²) in [5, 5.41) is 11.6. The van der Waals surface area contributed by atoms with Gasteiger partial charge < -0.3 is 5.21 Å². The van der Waals surface area contributed by atoms with E-state index < -0.39 is 0 Å². The van der Waals surface area contributed by atoms with Crippen LogP contribution in [0.2, 0.25) is 0 Å². The van der Waals surface area contributed by atoms with Crippen molar-refractivity contribution in [3.8, 4) is 0 Å². The fourth-order valence-corrected chi connectivity index (χ4v) is 2.03. The Balaban J connectivity index is 2.07. The van der Waals surface area contributed by atoms with Crippen LogP contribution in [0.4, 0.5) is 0 Å². The molecule has 0 aliphatic carbocycles. The predicted octanol–water partition coefficient (Wildman–Crippen LogP) is 4.68. The van der Waals surface area contributed by atoms with Gasteiger partial charge in [0.15, 0.2) is 12.8 Å². The molecule has 0 radical (unpaired) electrons. The van der Waals surface area contributed by atoms with Crippen molar-refractivity contribution in [2.24, 2.45) is 0 Å². The lowest BCUT2D eigenvalue weighted by Gasteiger charge is -2.04. The third kappa shape index (κ3) is 8.20. The van der Waals surface area contributed by atoms with E-state index in [4.69, 9.17) is 0 Å². The first kappa shape index (κ1) is 15.5. The summed E-state index contributed by atoms with van der Waals surface area (Å²) in [6, 6.07) is 9.87. The highest BCUT2D eigenvalue weighted by Gasteiger charge is 1.97. The van der Waals surface area contributed by atoms with E-state index in [0.29, 0.717) is 6.54 Å². The molecule has 0 bridgehead atoms. The molecule has 0 fully saturated rings. The minimum absolute atomic E-state index is 0.459. The highest BCUT2D eigenvalue weighted by molar-refractivity contribution is 5.51. The molecular weight excluding hydrogens is 234 g/mol. The van der Waals surface area contributed by atoms with Gasteiger partial charge in [-0.2, -0.15) is 0 Å². The largest absolute Gasteiger partial charge is 0.624 e. The third-order valence-electron chi connectivity index (χ3n) is 3.13. The van der Waals surface area contributed by atoms with Crippen molar-refractivity contribution >= 4 is 6.21 Å². The van der Waals surface area contributed by atoms with Crippen LogP contribution in [0.25, 0.3) is 0 Å². The average molecular weight is 259 g/mol. The van der Waals surface area contributed by atoms with Crippen LogP contribution in [0, 0.1) is 5.21 Å². The third-order valence-corrected chi connectivity index (χ3v) is 3.13. The molecule has 0 aromatic heterocycles. The number of unbranched alkanes of at least 4 members (excludes halogenated alkanes) is 6. The van der Waals surface area contributed by atoms with Crippen LogP contribution in [0.15, 0.2) is 43.0 Å². The molecule has 2 heteroatoms. The summed E-state index contributed by atoms with van der Waals surface area (Å²) in [7, 11) is 0. The van der Waals surface area contributed by atoms with Gasteiger partial charge in [-0.05, 0) is 19.3 Å². The van der Waals surface area contributed by atoms with E-state index in [2.05, 4.69) is 6.58 Å². The Morgan fingerprint density at radius 1 is 0.947 bits per heavy atom. The quantitative estimate of drug-likeness (QED) is 0.149. The molecule has 0 aliphatic heterocycles. The maximum Gasteiger partial charge on any atom is 0.178 e. The highest BCUT2D eigenvalue weighted by atomic mass is 16.5. The number of hydrogen-bond acceptors (Lipinski definition) is 1. The van der Waals surface area contributed by atoms with Gasteiger partial charge in [-0.1, -0.05) is 55.7 Å². The zero-order valence-corrected chi connectivity index (χ0v) is 11.8. The lowest BCUT2D eigenvalue weighted by atomic mass is 10.1. The van der Waals surface area contributed by atoms with Gasteiger partial charge in [0.1, 0.15) is 0 Å². The van der Waals surface area contributed by atoms with Crippen molar-refractivity contribution in [3.63, 3.8) is 0 Å². The van der Waals surface area contributed by atoms with Gasteiger partial charge in [0.05, 0.1) is 0 Å². The number of allylic oxidation sites excluding steroid dienone is 1. The molecule has 19 heavy (non-hydrogen) atoms. The van der Waals surface area contributed by atoms with E-state index >= 15 is 0 Å². The fourth-order valence-electron chi connectivity index (χ4n) is 2.03. The lowest BCUT2D eigenvalue weighted by molar-refractivity contribution is -0.471. The first-order valence-electron chi connectivity index (χ1n) is 7.25. The van der Waals surface area contributed by atoms with Gasteiger partial charge in [-0.15, -0.1) is 6.58 Å². The van der Waals surface area contributed by atoms with E-state index in [1.807, 2.05) is 36.4 Å². The Morgan fingerprint density at radius 2 is 1.58 bits per heavy atom. The Hall–Kier alpha value is -1.57. The fraction of sp³-hybridized carbons (Fsp3) is 0.471. The molecule has 0 heterocycles. The van der Waals surface area contributed by atoms with E-state index in [1.165, 1.54) is 25.7 Å². The molecule has 0 saturated heterocycles. The Morgan fingerprint density at radius 3 is 2.26 bits per heavy atom. The van der Waals surface area contributed by atoms with Crippen LogP contribution < -0.4 is 0 Å². The summed E-state index contributed by atoms with van der Waals surface area (Å²) in [5.41, 5.74) is 1.07. The second kappa shape index (κ2) is 10.4. The Labute approximate surface area is 117 Å².